The number of alkyl halides is 3. The number of urea groups is 1. The Morgan fingerprint density at radius 3 is 2.64 bits per heavy atom. The van der Waals surface area contributed by atoms with Crippen molar-refractivity contribution in [3.05, 3.63) is 10.6 Å². The average Bonchev–Trinajstić information content (AvgIpc) is 2.92. The van der Waals surface area contributed by atoms with Crippen LogP contribution in [0.15, 0.2) is 0 Å². The lowest BCUT2D eigenvalue weighted by atomic mass is 10.3. The molecule has 0 aromatic carbocycles. The lowest BCUT2D eigenvalue weighted by molar-refractivity contribution is -0.135. The van der Waals surface area contributed by atoms with Crippen LogP contribution >= 0.6 is 11.3 Å². The monoisotopic (exact) mass is 337 g/mol. The zero-order chi connectivity index (χ0) is 16.5. The molecule has 1 aromatic rings. The number of carboxylic acid groups (broad SMARTS) is 1. The number of carbonyl (C=O) groups excluding carboxylic acids is 1. The molecule has 0 saturated carbocycles. The smallest absolute Gasteiger partial charge is 0.389 e. The van der Waals surface area contributed by atoms with Gasteiger partial charge in [0.15, 0.2) is 5.13 Å². The highest BCUT2D eigenvalue weighted by Crippen LogP contribution is 2.29. The van der Waals surface area contributed by atoms with E-state index in [1.807, 2.05) is 0 Å². The van der Waals surface area contributed by atoms with Gasteiger partial charge in [-0.15, -0.1) is 0 Å². The predicted octanol–water partition coefficient (Wildman–Crippen LogP) is 2.73. The summed E-state index contributed by atoms with van der Waals surface area (Å²) in [4.78, 5) is 29.9. The lowest BCUT2D eigenvalue weighted by Gasteiger charge is -2.17. The molecule has 0 unspecified atom stereocenters. The molecule has 6 nitrogen and oxygen atoms in total. The maximum absolute atomic E-state index is 12.1. The van der Waals surface area contributed by atoms with Gasteiger partial charge in [-0.3, -0.25) is 4.90 Å². The van der Waals surface area contributed by atoms with E-state index in [1.54, 1.807) is 0 Å². The topological polar surface area (TPSA) is 73.7 Å². The first-order chi connectivity index (χ1) is 10.2. The van der Waals surface area contributed by atoms with Crippen molar-refractivity contribution in [3.8, 4) is 0 Å². The number of aromatic nitrogens is 1. The fourth-order valence-corrected chi connectivity index (χ4v) is 3.06. The molecule has 1 fully saturated rings. The quantitative estimate of drug-likeness (QED) is 0.896. The molecule has 1 saturated heterocycles. The number of nitrogens with zero attached hydrogens (tertiary/aromatic N) is 3. The minimum atomic E-state index is -4.23. The van der Waals surface area contributed by atoms with Crippen LogP contribution in [-0.2, 0) is 0 Å². The van der Waals surface area contributed by atoms with Gasteiger partial charge in [0.1, 0.15) is 4.88 Å². The van der Waals surface area contributed by atoms with Crippen molar-refractivity contribution in [2.75, 3.05) is 24.5 Å². The third kappa shape index (κ3) is 3.67. The Hall–Kier alpha value is -1.84. The summed E-state index contributed by atoms with van der Waals surface area (Å²) in [6.07, 6.45) is -5.32. The summed E-state index contributed by atoms with van der Waals surface area (Å²) in [5.74, 6) is -1.12. The predicted molar refractivity (Wildman–Crippen MR) is 73.4 cm³/mol. The second-order valence-electron chi connectivity index (χ2n) is 4.86. The fourth-order valence-electron chi connectivity index (χ4n) is 2.13. The first kappa shape index (κ1) is 16.5. The molecule has 122 valence electrons. The zero-order valence-electron chi connectivity index (χ0n) is 11.7. The first-order valence-electron chi connectivity index (χ1n) is 6.53. The Morgan fingerprint density at radius 2 is 2.09 bits per heavy atom. The van der Waals surface area contributed by atoms with Crippen molar-refractivity contribution >= 4 is 28.5 Å². The summed E-state index contributed by atoms with van der Waals surface area (Å²) in [5, 5.41) is 9.24. The SMILES string of the molecule is Cc1nc(N2CCN(CCCC(F)(F)F)C2=O)sc1C(=O)O. The third-order valence-electron chi connectivity index (χ3n) is 3.19. The van der Waals surface area contributed by atoms with Crippen LogP contribution in [0.4, 0.5) is 23.1 Å². The fraction of sp³-hybridized carbons (Fsp3) is 0.583. The summed E-state index contributed by atoms with van der Waals surface area (Å²) in [5.41, 5.74) is 0.316. The molecule has 0 atom stereocenters. The number of thiazole rings is 1. The van der Waals surface area contributed by atoms with Gasteiger partial charge in [-0.1, -0.05) is 11.3 Å². The number of carboxylic acids is 1. The number of hydrogen-bond donors (Lipinski definition) is 1. The average molecular weight is 337 g/mol. The van der Waals surface area contributed by atoms with Gasteiger partial charge in [0, 0.05) is 26.1 Å². The van der Waals surface area contributed by atoms with Crippen molar-refractivity contribution in [2.24, 2.45) is 0 Å². The molecule has 1 aliphatic heterocycles. The van der Waals surface area contributed by atoms with Crippen LogP contribution in [0.2, 0.25) is 0 Å². The Kier molecular flexibility index (Phi) is 4.59. The molecule has 10 heteroatoms. The van der Waals surface area contributed by atoms with Crippen molar-refractivity contribution in [1.82, 2.24) is 9.88 Å². The van der Waals surface area contributed by atoms with Crippen molar-refractivity contribution in [2.45, 2.75) is 25.9 Å². The molecule has 2 amide bonds. The van der Waals surface area contributed by atoms with Gasteiger partial charge in [-0.05, 0) is 13.3 Å². The van der Waals surface area contributed by atoms with Gasteiger partial charge in [0.2, 0.25) is 0 Å². The number of amides is 2. The largest absolute Gasteiger partial charge is 0.477 e. The minimum absolute atomic E-state index is 0.0188. The van der Waals surface area contributed by atoms with E-state index in [1.165, 1.54) is 16.7 Å². The Morgan fingerprint density at radius 1 is 1.41 bits per heavy atom. The van der Waals surface area contributed by atoms with E-state index < -0.39 is 24.6 Å². The van der Waals surface area contributed by atoms with Crippen LogP contribution in [0.1, 0.15) is 28.2 Å². The van der Waals surface area contributed by atoms with Gasteiger partial charge in [-0.25, -0.2) is 14.6 Å². The van der Waals surface area contributed by atoms with Crippen LogP contribution in [-0.4, -0.2) is 52.8 Å². The number of anilines is 1. The molecular formula is C12H14F3N3O3S. The van der Waals surface area contributed by atoms with E-state index in [2.05, 4.69) is 4.98 Å². The van der Waals surface area contributed by atoms with Gasteiger partial charge < -0.3 is 10.0 Å². The standard InChI is InChI=1S/C12H14F3N3O3S/c1-7-8(9(19)20)22-10(16-7)18-6-5-17(11(18)21)4-2-3-12(13,14)15/h2-6H2,1H3,(H,19,20). The van der Waals surface area contributed by atoms with Crippen molar-refractivity contribution in [3.63, 3.8) is 0 Å². The van der Waals surface area contributed by atoms with Crippen LogP contribution < -0.4 is 4.90 Å². The van der Waals surface area contributed by atoms with Crippen LogP contribution in [0.5, 0.6) is 0 Å². The highest BCUT2D eigenvalue weighted by Gasteiger charge is 2.33. The second kappa shape index (κ2) is 6.11. The number of hydrogen-bond acceptors (Lipinski definition) is 4. The van der Waals surface area contributed by atoms with E-state index in [0.717, 1.165) is 11.3 Å². The Balaban J connectivity index is 1.99. The van der Waals surface area contributed by atoms with E-state index >= 15 is 0 Å². The zero-order valence-corrected chi connectivity index (χ0v) is 12.5. The lowest BCUT2D eigenvalue weighted by Crippen LogP contribution is -2.32. The van der Waals surface area contributed by atoms with E-state index in [9.17, 15) is 22.8 Å². The van der Waals surface area contributed by atoms with Crippen LogP contribution in [0.3, 0.4) is 0 Å². The second-order valence-corrected chi connectivity index (χ2v) is 5.83. The summed E-state index contributed by atoms with van der Waals surface area (Å²) in [6, 6.07) is -0.437. The highest BCUT2D eigenvalue weighted by molar-refractivity contribution is 7.17. The number of aryl methyl sites for hydroxylation is 1. The van der Waals surface area contributed by atoms with Crippen LogP contribution in [0.25, 0.3) is 0 Å². The summed E-state index contributed by atoms with van der Waals surface area (Å²) < 4.78 is 36.3. The van der Waals surface area contributed by atoms with E-state index in [-0.39, 0.29) is 29.5 Å². The summed E-state index contributed by atoms with van der Waals surface area (Å²) in [7, 11) is 0. The number of carbonyl (C=O) groups is 2. The van der Waals surface area contributed by atoms with Crippen molar-refractivity contribution < 1.29 is 27.9 Å². The molecule has 0 aliphatic carbocycles. The summed E-state index contributed by atoms with van der Waals surface area (Å²) >= 11 is 0.887. The molecule has 2 heterocycles. The Labute approximate surface area is 128 Å². The molecule has 0 radical (unpaired) electrons. The highest BCUT2D eigenvalue weighted by atomic mass is 32.1. The maximum atomic E-state index is 12.1. The van der Waals surface area contributed by atoms with Crippen LogP contribution in [0, 0.1) is 6.92 Å². The summed E-state index contributed by atoms with van der Waals surface area (Å²) in [6.45, 7) is 2.14. The molecule has 2 rings (SSSR count). The molecule has 1 N–H and O–H groups in total. The van der Waals surface area contributed by atoms with E-state index in [0.29, 0.717) is 12.2 Å². The molecule has 1 aromatic heterocycles. The number of halogens is 3. The van der Waals surface area contributed by atoms with Crippen molar-refractivity contribution in [1.29, 1.82) is 0 Å². The molecule has 0 bridgehead atoms. The normalized spacial score (nSPS) is 15.7. The number of rotatable bonds is 5. The molecule has 22 heavy (non-hydrogen) atoms. The van der Waals surface area contributed by atoms with Gasteiger partial charge in [0.05, 0.1) is 5.69 Å². The first-order valence-corrected chi connectivity index (χ1v) is 7.34. The number of aromatic carboxylic acids is 1. The Bertz CT molecular complexity index is 588. The van der Waals surface area contributed by atoms with Gasteiger partial charge in [0.25, 0.3) is 0 Å². The van der Waals surface area contributed by atoms with Gasteiger partial charge in [-0.2, -0.15) is 13.2 Å². The van der Waals surface area contributed by atoms with E-state index in [4.69, 9.17) is 5.11 Å². The third-order valence-corrected chi connectivity index (χ3v) is 4.36. The molecule has 1 aliphatic rings. The maximum Gasteiger partial charge on any atom is 0.389 e. The molecular weight excluding hydrogens is 323 g/mol. The van der Waals surface area contributed by atoms with Gasteiger partial charge >= 0.3 is 18.2 Å². The minimum Gasteiger partial charge on any atom is -0.477 e. The molecule has 0 spiro atoms.